The van der Waals surface area contributed by atoms with E-state index in [1.165, 1.54) is 24.3 Å². The van der Waals surface area contributed by atoms with Gasteiger partial charge in [0, 0.05) is 24.4 Å². The number of halogens is 4. The molecule has 1 N–H and O–H groups in total. The molecule has 0 saturated carbocycles. The van der Waals surface area contributed by atoms with Gasteiger partial charge in [-0.1, -0.05) is 19.9 Å². The Hall–Kier alpha value is -3.74. The van der Waals surface area contributed by atoms with Crippen molar-refractivity contribution >= 4 is 21.7 Å². The van der Waals surface area contributed by atoms with E-state index in [2.05, 4.69) is 9.97 Å². The van der Waals surface area contributed by atoms with Gasteiger partial charge in [-0.05, 0) is 49.2 Å². The molecule has 0 spiro atoms. The van der Waals surface area contributed by atoms with Crippen LogP contribution in [0, 0.1) is 18.7 Å². The van der Waals surface area contributed by atoms with E-state index in [0.717, 1.165) is 25.2 Å². The van der Waals surface area contributed by atoms with Gasteiger partial charge in [-0.2, -0.15) is 21.6 Å². The molecular weight excluding hydrogens is 528 g/mol. The van der Waals surface area contributed by atoms with Crippen molar-refractivity contribution in [2.24, 2.45) is 5.92 Å². The standard InChI is InChI=1S/C25H26F4N4O4S/c1-15(2)13-37-19-11-17(10-18(26)12-19)21-9-8-20(23(31-21)33(4)14-25(27,28)29)24(34)32-38(35,36)22-7-5-6-16(3)30-22/h5-12,15H,13-14H2,1-4H3,(H,32,34). The molecule has 204 valence electrons. The second-order valence-corrected chi connectivity index (χ2v) is 10.6. The van der Waals surface area contributed by atoms with Crippen LogP contribution in [0.5, 0.6) is 5.75 Å². The fourth-order valence-electron chi connectivity index (χ4n) is 3.38. The first-order valence-electron chi connectivity index (χ1n) is 11.4. The molecule has 0 atom stereocenters. The third-order valence-corrected chi connectivity index (χ3v) is 6.25. The summed E-state index contributed by atoms with van der Waals surface area (Å²) in [5.74, 6) is -1.98. The Morgan fingerprint density at radius 2 is 1.82 bits per heavy atom. The smallest absolute Gasteiger partial charge is 0.405 e. The van der Waals surface area contributed by atoms with Gasteiger partial charge < -0.3 is 9.64 Å². The number of amides is 1. The fourth-order valence-corrected chi connectivity index (χ4v) is 4.36. The summed E-state index contributed by atoms with van der Waals surface area (Å²) in [5, 5.41) is -0.436. The van der Waals surface area contributed by atoms with Crippen molar-refractivity contribution in [1.29, 1.82) is 0 Å². The van der Waals surface area contributed by atoms with E-state index in [-0.39, 0.29) is 22.9 Å². The van der Waals surface area contributed by atoms with Crippen molar-refractivity contribution in [2.45, 2.75) is 32.0 Å². The van der Waals surface area contributed by atoms with E-state index < -0.39 is 50.9 Å². The lowest BCUT2D eigenvalue weighted by Crippen LogP contribution is -2.36. The fraction of sp³-hybridized carbons (Fsp3) is 0.320. The lowest BCUT2D eigenvalue weighted by atomic mass is 10.1. The van der Waals surface area contributed by atoms with Gasteiger partial charge in [0.1, 0.15) is 23.9 Å². The van der Waals surface area contributed by atoms with E-state index in [9.17, 15) is 30.8 Å². The average molecular weight is 555 g/mol. The number of nitrogens with one attached hydrogen (secondary N) is 1. The molecule has 0 aliphatic carbocycles. The van der Waals surface area contributed by atoms with Gasteiger partial charge in [0.05, 0.1) is 17.9 Å². The Bertz CT molecular complexity index is 1430. The van der Waals surface area contributed by atoms with Crippen LogP contribution in [0.1, 0.15) is 29.9 Å². The zero-order valence-electron chi connectivity index (χ0n) is 21.0. The van der Waals surface area contributed by atoms with Crippen LogP contribution in [0.2, 0.25) is 0 Å². The molecule has 0 bridgehead atoms. The number of aromatic nitrogens is 2. The highest BCUT2D eigenvalue weighted by molar-refractivity contribution is 7.90. The number of benzene rings is 1. The van der Waals surface area contributed by atoms with Gasteiger partial charge in [-0.25, -0.2) is 19.1 Å². The molecule has 0 saturated heterocycles. The first-order valence-corrected chi connectivity index (χ1v) is 12.9. The summed E-state index contributed by atoms with van der Waals surface area (Å²) < 4.78 is 86.6. The highest BCUT2D eigenvalue weighted by atomic mass is 32.2. The normalized spacial score (nSPS) is 11.9. The predicted molar refractivity (Wildman–Crippen MR) is 133 cm³/mol. The lowest BCUT2D eigenvalue weighted by Gasteiger charge is -2.23. The van der Waals surface area contributed by atoms with Crippen LogP contribution >= 0.6 is 0 Å². The number of rotatable bonds is 9. The van der Waals surface area contributed by atoms with Crippen LogP contribution in [0.15, 0.2) is 53.6 Å². The summed E-state index contributed by atoms with van der Waals surface area (Å²) in [6.45, 7) is 4.19. The first kappa shape index (κ1) is 28.8. The maximum absolute atomic E-state index is 14.3. The number of anilines is 1. The van der Waals surface area contributed by atoms with Gasteiger partial charge >= 0.3 is 6.18 Å². The topological polar surface area (TPSA) is 101 Å². The number of hydrogen-bond donors (Lipinski definition) is 1. The van der Waals surface area contributed by atoms with Crippen molar-refractivity contribution in [3.8, 4) is 17.0 Å². The zero-order chi connectivity index (χ0) is 28.3. The van der Waals surface area contributed by atoms with Crippen LogP contribution in [0.25, 0.3) is 11.3 Å². The molecule has 3 aromatic rings. The molecule has 0 fully saturated rings. The van der Waals surface area contributed by atoms with Crippen LogP contribution in [0.3, 0.4) is 0 Å². The third-order valence-electron chi connectivity index (χ3n) is 5.01. The third kappa shape index (κ3) is 7.63. The molecule has 13 heteroatoms. The summed E-state index contributed by atoms with van der Waals surface area (Å²) in [6.07, 6.45) is -4.66. The minimum atomic E-state index is -4.66. The summed E-state index contributed by atoms with van der Waals surface area (Å²) >= 11 is 0. The molecule has 2 heterocycles. The average Bonchev–Trinajstić information content (AvgIpc) is 2.80. The van der Waals surface area contributed by atoms with Gasteiger partial charge in [-0.15, -0.1) is 0 Å². The minimum Gasteiger partial charge on any atom is -0.493 e. The van der Waals surface area contributed by atoms with Crippen LogP contribution < -0.4 is 14.4 Å². The zero-order valence-corrected chi connectivity index (χ0v) is 21.8. The van der Waals surface area contributed by atoms with Crippen molar-refractivity contribution in [1.82, 2.24) is 14.7 Å². The number of nitrogens with zero attached hydrogens (tertiary/aromatic N) is 3. The summed E-state index contributed by atoms with van der Waals surface area (Å²) in [5.41, 5.74) is 0.171. The molecule has 0 aliphatic heterocycles. The number of pyridine rings is 2. The molecular formula is C25H26F4N4O4S. The van der Waals surface area contributed by atoms with Crippen molar-refractivity contribution in [3.63, 3.8) is 0 Å². The molecule has 38 heavy (non-hydrogen) atoms. The highest BCUT2D eigenvalue weighted by Gasteiger charge is 2.32. The van der Waals surface area contributed by atoms with Crippen LogP contribution in [-0.2, 0) is 10.0 Å². The molecule has 0 radical (unpaired) electrons. The van der Waals surface area contributed by atoms with Gasteiger partial charge in [-0.3, -0.25) is 4.79 Å². The Balaban J connectivity index is 2.03. The Kier molecular flexibility index (Phi) is 8.60. The molecule has 1 aromatic carbocycles. The van der Waals surface area contributed by atoms with Gasteiger partial charge in [0.25, 0.3) is 15.9 Å². The maximum Gasteiger partial charge on any atom is 0.405 e. The summed E-state index contributed by atoms with van der Waals surface area (Å²) in [6, 6.07) is 10.3. The SMILES string of the molecule is Cc1cccc(S(=O)(=O)NC(=O)c2ccc(-c3cc(F)cc(OCC(C)C)c3)nc2N(C)CC(F)(F)F)n1. The highest BCUT2D eigenvalue weighted by Crippen LogP contribution is 2.29. The summed E-state index contributed by atoms with van der Waals surface area (Å²) in [4.78, 5) is 21.7. The number of carbonyl (C=O) groups is 1. The van der Waals surface area contributed by atoms with E-state index >= 15 is 0 Å². The van der Waals surface area contributed by atoms with E-state index in [0.29, 0.717) is 17.2 Å². The predicted octanol–water partition coefficient (Wildman–Crippen LogP) is 4.74. The number of ether oxygens (including phenoxy) is 1. The maximum atomic E-state index is 14.3. The summed E-state index contributed by atoms with van der Waals surface area (Å²) in [7, 11) is -3.39. The largest absolute Gasteiger partial charge is 0.493 e. The molecule has 0 unspecified atom stereocenters. The second-order valence-electron chi connectivity index (χ2n) is 8.97. The number of aryl methyl sites for hydroxylation is 1. The minimum absolute atomic E-state index is 0.0441. The Morgan fingerprint density at radius 3 is 2.45 bits per heavy atom. The molecule has 3 rings (SSSR count). The van der Waals surface area contributed by atoms with Gasteiger partial charge in [0.2, 0.25) is 0 Å². The molecule has 2 aromatic heterocycles. The number of sulfonamides is 1. The number of carbonyl (C=O) groups excluding carboxylic acids is 1. The Morgan fingerprint density at radius 1 is 1.11 bits per heavy atom. The van der Waals surface area contributed by atoms with Crippen molar-refractivity contribution in [2.75, 3.05) is 25.1 Å². The Labute approximate surface area is 217 Å². The molecule has 8 nitrogen and oxygen atoms in total. The van der Waals surface area contributed by atoms with E-state index in [1.807, 2.05) is 18.6 Å². The van der Waals surface area contributed by atoms with E-state index in [1.54, 1.807) is 13.0 Å². The lowest BCUT2D eigenvalue weighted by molar-refractivity contribution is -0.119. The van der Waals surface area contributed by atoms with Crippen molar-refractivity contribution < 1.29 is 35.5 Å². The molecule has 1 amide bonds. The number of alkyl halides is 3. The quantitative estimate of drug-likeness (QED) is 0.381. The monoisotopic (exact) mass is 554 g/mol. The van der Waals surface area contributed by atoms with Crippen molar-refractivity contribution in [3.05, 3.63) is 65.6 Å². The van der Waals surface area contributed by atoms with E-state index in [4.69, 9.17) is 4.74 Å². The molecule has 0 aliphatic rings. The van der Waals surface area contributed by atoms with Crippen LogP contribution in [-0.4, -0.2) is 50.7 Å². The second kappa shape index (κ2) is 11.3. The van der Waals surface area contributed by atoms with Gasteiger partial charge in [0.15, 0.2) is 5.03 Å². The number of hydrogen-bond acceptors (Lipinski definition) is 7. The first-order chi connectivity index (χ1) is 17.6. The van der Waals surface area contributed by atoms with Crippen LogP contribution in [0.4, 0.5) is 23.4 Å².